The van der Waals surface area contributed by atoms with Crippen molar-refractivity contribution in [2.24, 2.45) is 5.73 Å². The van der Waals surface area contributed by atoms with E-state index in [1.807, 2.05) is 78.9 Å². The van der Waals surface area contributed by atoms with Crippen LogP contribution in [0.25, 0.3) is 11.1 Å². The van der Waals surface area contributed by atoms with E-state index in [1.54, 1.807) is 25.2 Å². The van der Waals surface area contributed by atoms with E-state index in [4.69, 9.17) is 25.7 Å². The molecule has 0 saturated carbocycles. The Kier molecular flexibility index (Phi) is 11.5. The van der Waals surface area contributed by atoms with E-state index in [2.05, 4.69) is 103 Å². The van der Waals surface area contributed by atoms with Crippen molar-refractivity contribution in [2.75, 3.05) is 7.05 Å². The second kappa shape index (κ2) is 17.2. The highest BCUT2D eigenvalue weighted by Gasteiger charge is 2.48. The number of nitrogens with two attached hydrogens (primary N) is 1. The Bertz CT molecular complexity index is 2630. The summed E-state index contributed by atoms with van der Waals surface area (Å²) in [5, 5.41) is 24.0. The molecular formula is C52H44N4O2. The van der Waals surface area contributed by atoms with Crippen molar-refractivity contribution in [3.8, 4) is 34.1 Å². The van der Waals surface area contributed by atoms with Crippen LogP contribution in [-0.4, -0.2) is 24.2 Å². The fourth-order valence-electron chi connectivity index (χ4n) is 7.67. The highest BCUT2D eigenvalue weighted by molar-refractivity contribution is 6.11. The van der Waals surface area contributed by atoms with Crippen LogP contribution in [0.4, 0.5) is 0 Å². The van der Waals surface area contributed by atoms with Gasteiger partial charge in [0.2, 0.25) is 0 Å². The molecule has 1 aliphatic heterocycles. The molecule has 0 radical (unpaired) electrons. The first-order valence-corrected chi connectivity index (χ1v) is 19.0. The van der Waals surface area contributed by atoms with E-state index < -0.39 is 5.41 Å². The van der Waals surface area contributed by atoms with E-state index in [-0.39, 0.29) is 0 Å². The summed E-state index contributed by atoms with van der Waals surface area (Å²) in [4.78, 5) is 0. The third-order valence-corrected chi connectivity index (χ3v) is 10.3. The average Bonchev–Trinajstić information content (AvgIpc) is 3.60. The maximum atomic E-state index is 8.73. The van der Waals surface area contributed by atoms with Gasteiger partial charge in [-0.15, -0.1) is 0 Å². The van der Waals surface area contributed by atoms with Crippen LogP contribution in [0.15, 0.2) is 195 Å². The van der Waals surface area contributed by atoms with E-state index in [0.717, 1.165) is 39.1 Å². The minimum absolute atomic E-state index is 0.429. The zero-order valence-corrected chi connectivity index (χ0v) is 32.5. The summed E-state index contributed by atoms with van der Waals surface area (Å²) >= 11 is 0. The summed E-state index contributed by atoms with van der Waals surface area (Å²) in [6, 6.07) is 57.2. The molecular weight excluding hydrogens is 713 g/mol. The molecule has 6 heteroatoms. The fraction of sp³-hybridized carbons (Fsp3) is 0.0577. The van der Waals surface area contributed by atoms with Crippen molar-refractivity contribution in [3.05, 3.63) is 239 Å². The molecule has 0 aromatic heterocycles. The maximum absolute atomic E-state index is 8.73. The number of rotatable bonds is 8. The minimum atomic E-state index is -0.498. The average molecular weight is 757 g/mol. The minimum Gasteiger partial charge on any atom is -0.449 e. The summed E-state index contributed by atoms with van der Waals surface area (Å²) in [6.07, 6.45) is 5.05. The van der Waals surface area contributed by atoms with E-state index in [0.29, 0.717) is 34.4 Å². The first-order valence-electron chi connectivity index (χ1n) is 19.0. The molecule has 0 unspecified atom stereocenters. The molecule has 0 atom stereocenters. The van der Waals surface area contributed by atoms with Crippen LogP contribution in [0.3, 0.4) is 0 Å². The quantitative estimate of drug-likeness (QED) is 0.0913. The van der Waals surface area contributed by atoms with E-state index >= 15 is 0 Å². The first kappa shape index (κ1) is 38.8. The van der Waals surface area contributed by atoms with Gasteiger partial charge in [-0.25, -0.2) is 0 Å². The summed E-state index contributed by atoms with van der Waals surface area (Å²) in [6.45, 7) is 5.29. The van der Waals surface area contributed by atoms with Crippen molar-refractivity contribution < 1.29 is 9.47 Å². The molecule has 2 aliphatic rings. The third kappa shape index (κ3) is 7.20. The second-order valence-electron chi connectivity index (χ2n) is 13.7. The van der Waals surface area contributed by atoms with Gasteiger partial charge in [0.25, 0.3) is 0 Å². The fourth-order valence-corrected chi connectivity index (χ4v) is 7.67. The predicted octanol–water partition coefficient (Wildman–Crippen LogP) is 12.1. The Morgan fingerprint density at radius 3 is 1.79 bits per heavy atom. The number of hydrogen-bond donors (Lipinski definition) is 4. The highest BCUT2D eigenvalue weighted by Crippen LogP contribution is 2.62. The number of allylic oxidation sites excluding steroid dienone is 3. The maximum Gasteiger partial charge on any atom is 0.178 e. The van der Waals surface area contributed by atoms with Gasteiger partial charge in [0, 0.05) is 22.4 Å². The lowest BCUT2D eigenvalue weighted by molar-refractivity contribution is 0.360. The molecule has 1 aliphatic carbocycles. The van der Waals surface area contributed by atoms with Gasteiger partial charge in [0.15, 0.2) is 23.0 Å². The topological polar surface area (TPSA) is 116 Å². The normalized spacial score (nSPS) is 12.3. The van der Waals surface area contributed by atoms with Gasteiger partial charge in [-0.1, -0.05) is 158 Å². The molecule has 0 spiro atoms. The Morgan fingerprint density at radius 1 is 0.552 bits per heavy atom. The van der Waals surface area contributed by atoms with Crippen LogP contribution in [0, 0.1) is 16.2 Å². The molecule has 9 rings (SSSR count). The molecule has 5 N–H and O–H groups in total. The van der Waals surface area contributed by atoms with Crippen LogP contribution >= 0.6 is 0 Å². The van der Waals surface area contributed by atoms with Gasteiger partial charge in [0.05, 0.1) is 16.8 Å². The van der Waals surface area contributed by atoms with Crippen molar-refractivity contribution in [2.45, 2.75) is 12.3 Å². The van der Waals surface area contributed by atoms with Crippen molar-refractivity contribution in [3.63, 3.8) is 0 Å². The van der Waals surface area contributed by atoms with Crippen molar-refractivity contribution >= 4 is 17.1 Å². The van der Waals surface area contributed by atoms with Gasteiger partial charge in [-0.2, -0.15) is 0 Å². The lowest BCUT2D eigenvalue weighted by Gasteiger charge is -2.34. The summed E-state index contributed by atoms with van der Waals surface area (Å²) in [7, 11) is 1.50. The molecule has 1 heterocycles. The molecule has 0 saturated heterocycles. The molecule has 0 amide bonds. The number of benzene rings is 7. The molecule has 58 heavy (non-hydrogen) atoms. The lowest BCUT2D eigenvalue weighted by Crippen LogP contribution is -2.28. The molecule has 7 aromatic carbocycles. The van der Waals surface area contributed by atoms with E-state index in [9.17, 15) is 0 Å². The molecule has 284 valence electrons. The Hall–Kier alpha value is -7.41. The standard InChI is InChI=1S/C38H25NO2.C13H14N2.CH5N/c39-36(25-12-4-1-5-13-25)26-20-22-32-34(24-26)40-33-23-21-31-35(37(33)41-32)29-18-10-11-19-30(29)38(31,27-14-6-2-7-15-27)28-16-8-3-9-17-28;1-3-4-8-13(15)12-7-5-6-11(9-12)10(2)14;1-2/h1-24,39H;3-9,14-15H,1H2,2H3;2H2,1H3/b;8-4-,14-10?,15-13?;. The van der Waals surface area contributed by atoms with Crippen LogP contribution < -0.4 is 15.2 Å². The zero-order valence-electron chi connectivity index (χ0n) is 32.5. The number of nitrogens with one attached hydrogen (secondary N) is 3. The molecule has 6 nitrogen and oxygen atoms in total. The third-order valence-electron chi connectivity index (χ3n) is 10.3. The first-order chi connectivity index (χ1) is 28.4. The van der Waals surface area contributed by atoms with Crippen molar-refractivity contribution in [1.29, 1.82) is 16.2 Å². The second-order valence-corrected chi connectivity index (χ2v) is 13.7. The van der Waals surface area contributed by atoms with Crippen molar-refractivity contribution in [1.82, 2.24) is 0 Å². The monoisotopic (exact) mass is 756 g/mol. The predicted molar refractivity (Wildman–Crippen MR) is 238 cm³/mol. The smallest absolute Gasteiger partial charge is 0.178 e. The van der Waals surface area contributed by atoms with Gasteiger partial charge < -0.3 is 26.0 Å². The Balaban J connectivity index is 0.000000255. The number of hydrogen-bond acceptors (Lipinski definition) is 6. The Labute approximate surface area is 340 Å². The number of ether oxygens (including phenoxy) is 2. The highest BCUT2D eigenvalue weighted by atomic mass is 16.6. The summed E-state index contributed by atoms with van der Waals surface area (Å²) < 4.78 is 13.2. The largest absolute Gasteiger partial charge is 0.449 e. The Morgan fingerprint density at radius 2 is 1.14 bits per heavy atom. The molecule has 0 fully saturated rings. The van der Waals surface area contributed by atoms with Crippen LogP contribution in [0.2, 0.25) is 0 Å². The van der Waals surface area contributed by atoms with Crippen LogP contribution in [0.5, 0.6) is 23.0 Å². The lowest BCUT2D eigenvalue weighted by atomic mass is 9.68. The number of fused-ring (bicyclic) bond motifs is 6. The molecule has 0 bridgehead atoms. The molecule has 7 aromatic rings. The van der Waals surface area contributed by atoms with Crippen LogP contribution in [-0.2, 0) is 5.41 Å². The summed E-state index contributed by atoms with van der Waals surface area (Å²) in [5.41, 5.74) is 15.7. The van der Waals surface area contributed by atoms with Gasteiger partial charge in [-0.3, -0.25) is 5.41 Å². The van der Waals surface area contributed by atoms with Gasteiger partial charge >= 0.3 is 0 Å². The van der Waals surface area contributed by atoms with E-state index in [1.165, 1.54) is 29.3 Å². The van der Waals surface area contributed by atoms with Crippen LogP contribution in [0.1, 0.15) is 51.4 Å². The zero-order chi connectivity index (χ0) is 40.6. The summed E-state index contributed by atoms with van der Waals surface area (Å²) in [5.74, 6) is 2.65. The SMILES string of the molecule is C=C/C=C\C(=N)c1cccc(C(C)=N)c1.CN.N=C(c1ccccc1)c1ccc2c(c1)Oc1ccc3c(c1O2)-c1ccccc1C3(c1ccccc1)c1ccccc1. The van der Waals surface area contributed by atoms with Gasteiger partial charge in [-0.05, 0) is 89.3 Å². The van der Waals surface area contributed by atoms with Gasteiger partial charge in [0.1, 0.15) is 0 Å².